The zero-order valence-electron chi connectivity index (χ0n) is 37.8. The van der Waals surface area contributed by atoms with E-state index >= 15 is 0 Å². The minimum absolute atomic E-state index is 0.0277. The van der Waals surface area contributed by atoms with Gasteiger partial charge < -0.3 is 45.9 Å². The quantitative estimate of drug-likeness (QED) is 0.0207. The second kappa shape index (κ2) is 34.8. The molecule has 24 nitrogen and oxygen atoms in total. The fourth-order valence-electron chi connectivity index (χ4n) is 6.37. The van der Waals surface area contributed by atoms with Crippen molar-refractivity contribution in [2.75, 3.05) is 128 Å². The van der Waals surface area contributed by atoms with Gasteiger partial charge in [-0.05, 0) is 89.9 Å². The highest BCUT2D eigenvalue weighted by atomic mass is 32.2. The fourth-order valence-corrected chi connectivity index (χ4v) is 12.6. The summed E-state index contributed by atoms with van der Waals surface area (Å²) in [6.45, 7) is 6.39. The average Bonchev–Trinajstić information content (AvgIpc) is 3.20. The molecule has 0 aromatic rings. The van der Waals surface area contributed by atoms with Crippen molar-refractivity contribution in [2.24, 2.45) is 0 Å². The number of hydrogen-bond acceptors (Lipinski definition) is 20. The number of aliphatic hydroxyl groups excluding tert-OH is 2. The molecule has 386 valence electrons. The molecule has 0 bridgehead atoms. The summed E-state index contributed by atoms with van der Waals surface area (Å²) in [5, 5.41) is 21.7. The van der Waals surface area contributed by atoms with Crippen LogP contribution >= 0.6 is 0 Å². The molecule has 0 saturated carbocycles. The van der Waals surface area contributed by atoms with Crippen LogP contribution < -0.4 is 0 Å². The highest BCUT2D eigenvalue weighted by Crippen LogP contribution is 2.14. The zero-order chi connectivity index (χ0) is 50.5. The van der Waals surface area contributed by atoms with Crippen LogP contribution in [0.15, 0.2) is 0 Å². The van der Waals surface area contributed by atoms with Gasteiger partial charge in [-0.25, -0.2) is 0 Å². The van der Waals surface area contributed by atoms with Gasteiger partial charge in [-0.15, -0.1) is 0 Å². The molecular weight excluding hydrogens is 1060 g/mol. The Labute approximate surface area is 408 Å². The van der Waals surface area contributed by atoms with E-state index in [1.807, 2.05) is 22.9 Å². The van der Waals surface area contributed by atoms with Crippen LogP contribution in [0.25, 0.3) is 0 Å². The van der Waals surface area contributed by atoms with Crippen LogP contribution in [0.1, 0.15) is 38.5 Å². The summed E-state index contributed by atoms with van der Waals surface area (Å²) in [6.07, 6.45) is -0.744. The van der Waals surface area contributed by atoms with E-state index in [0.29, 0.717) is 24.9 Å². The van der Waals surface area contributed by atoms with Crippen molar-refractivity contribution >= 4 is 99.5 Å². The number of nitrogens with zero attached hydrogens (tertiary/aromatic N) is 4. The van der Waals surface area contributed by atoms with Crippen molar-refractivity contribution in [2.45, 2.75) is 75.9 Å². The largest absolute Gasteiger partial charge is 0.437 e. The van der Waals surface area contributed by atoms with Crippen molar-refractivity contribution in [3.8, 4) is 0 Å². The molecule has 34 heteroatoms. The van der Waals surface area contributed by atoms with Gasteiger partial charge in [0.15, 0.2) is 0 Å². The summed E-state index contributed by atoms with van der Waals surface area (Å²) in [5.41, 5.74) is 0. The standard InChI is InChI=1S/C32H70N4O20S4Si6/c1-65(53-61,54-62)25-7-19-51-29-31(37)27-35(11-5-23-59(45,46)47)17-15-33(9-3-21-57(39,40)41)13-14-34(10-4-22-58(42,43)44)16-18-36(12-6-24-60(48,49)50)28-32(38)30-52-20-8-26-66(2,55-63)56-64/h31-32,37-38H,3-30H2,1-2H3,(H,39,40,41)(H,42,43,44)(H,45,46,47)(H,48,49,50). The smallest absolute Gasteiger partial charge is 0.313 e. The molecule has 0 aliphatic carbocycles. The van der Waals surface area contributed by atoms with Gasteiger partial charge in [-0.3, -0.25) is 28.0 Å². The highest BCUT2D eigenvalue weighted by Gasteiger charge is 2.28. The van der Waals surface area contributed by atoms with Crippen LogP contribution in [0.5, 0.6) is 0 Å². The Bertz CT molecular complexity index is 1610. The van der Waals surface area contributed by atoms with E-state index < -0.39 is 92.8 Å². The second-order valence-electron chi connectivity index (χ2n) is 16.2. The van der Waals surface area contributed by atoms with Crippen LogP contribution in [0, 0.1) is 0 Å². The lowest BCUT2D eigenvalue weighted by Gasteiger charge is -2.32. The molecule has 0 aromatic carbocycles. The lowest BCUT2D eigenvalue weighted by atomic mass is 10.2. The molecule has 0 aromatic heterocycles. The molecule has 2 unspecified atom stereocenters. The van der Waals surface area contributed by atoms with Crippen molar-refractivity contribution < 1.29 is 88.0 Å². The van der Waals surface area contributed by atoms with Gasteiger partial charge in [-0.2, -0.15) is 33.7 Å². The summed E-state index contributed by atoms with van der Waals surface area (Å²) >= 11 is 0. The Morgan fingerprint density at radius 3 is 0.909 bits per heavy atom. The molecule has 0 aliphatic rings. The van der Waals surface area contributed by atoms with Crippen LogP contribution in [-0.4, -0.2) is 281 Å². The molecule has 6 N–H and O–H groups in total. The fraction of sp³-hybridized carbons (Fsp3) is 1.00. The van der Waals surface area contributed by atoms with E-state index in [4.69, 9.17) is 25.9 Å². The molecule has 0 amide bonds. The van der Waals surface area contributed by atoms with Crippen LogP contribution in [0.2, 0.25) is 25.2 Å². The molecule has 66 heavy (non-hydrogen) atoms. The number of ether oxygens (including phenoxy) is 2. The van der Waals surface area contributed by atoms with Crippen molar-refractivity contribution in [1.29, 1.82) is 0 Å². The van der Waals surface area contributed by atoms with Crippen LogP contribution in [0.3, 0.4) is 0 Å². The van der Waals surface area contributed by atoms with Gasteiger partial charge >= 0.3 is 17.1 Å². The van der Waals surface area contributed by atoms with Gasteiger partial charge in [-0.1, -0.05) is 0 Å². The zero-order valence-corrected chi connectivity index (χ0v) is 47.0. The third-order valence-electron chi connectivity index (χ3n) is 9.97. The third kappa shape index (κ3) is 39.1. The second-order valence-corrected chi connectivity index (χ2v) is 31.3. The molecule has 0 aliphatic heterocycles. The molecular formula is C32H70N4O20S4Si6. The minimum atomic E-state index is -4.31. The Hall–Kier alpha value is 0.461. The van der Waals surface area contributed by atoms with Gasteiger partial charge in [0, 0.05) is 65.6 Å². The highest BCUT2D eigenvalue weighted by molar-refractivity contribution is 7.86. The molecule has 0 heterocycles. The maximum Gasteiger partial charge on any atom is 0.313 e. The lowest BCUT2D eigenvalue weighted by molar-refractivity contribution is 0.0140. The maximum absolute atomic E-state index is 11.6. The Morgan fingerprint density at radius 1 is 0.424 bits per heavy atom. The average molecular weight is 1130 g/mol. The predicted octanol–water partition coefficient (Wildman–Crippen LogP) is -2.61. The summed E-state index contributed by atoms with van der Waals surface area (Å²) in [5.74, 6) is -2.14. The van der Waals surface area contributed by atoms with E-state index in [1.165, 1.54) is 0 Å². The van der Waals surface area contributed by atoms with E-state index in [1.54, 1.807) is 9.80 Å². The summed E-state index contributed by atoms with van der Waals surface area (Å²) in [7, 11) is -10.1. The molecule has 0 rings (SSSR count). The van der Waals surface area contributed by atoms with Gasteiger partial charge in [0.2, 0.25) is 41.9 Å². The first-order valence-corrected chi connectivity index (χ1v) is 34.3. The lowest BCUT2D eigenvalue weighted by Crippen LogP contribution is -2.45. The molecule has 0 fully saturated rings. The molecule has 0 saturated heterocycles. The Kier molecular flexibility index (Phi) is 35.0. The molecule has 12 radical (unpaired) electrons. The van der Waals surface area contributed by atoms with Crippen LogP contribution in [-0.2, 0) is 66.4 Å². The monoisotopic (exact) mass is 1130 g/mol. The minimum Gasteiger partial charge on any atom is -0.437 e. The third-order valence-corrected chi connectivity index (χ3v) is 22.6. The number of hydrogen-bond donors (Lipinski definition) is 6. The number of rotatable bonds is 45. The van der Waals surface area contributed by atoms with E-state index in [2.05, 4.69) is 41.9 Å². The Balaban J connectivity index is 6.05. The first-order chi connectivity index (χ1) is 30.6. The molecule has 0 spiro atoms. The summed E-state index contributed by atoms with van der Waals surface area (Å²) < 4.78 is 162. The van der Waals surface area contributed by atoms with Gasteiger partial charge in [0.1, 0.15) is 0 Å². The van der Waals surface area contributed by atoms with Crippen molar-refractivity contribution in [1.82, 2.24) is 19.6 Å². The van der Waals surface area contributed by atoms with Gasteiger partial charge in [0.25, 0.3) is 40.5 Å². The first-order valence-electron chi connectivity index (χ1n) is 21.2. The SMILES string of the molecule is C[Si](CCCOCC(O)CN(CCCS(=O)(=O)O)CCN(CCCS(=O)(=O)O)CCN(CCCS(=O)(=O)O)CCN(CCCS(=O)(=O)O)CC(O)COCCC[Si](C)(O[Si])O[Si])(O[Si])O[Si]. The van der Waals surface area contributed by atoms with Crippen molar-refractivity contribution in [3.63, 3.8) is 0 Å². The van der Waals surface area contributed by atoms with Crippen LogP contribution in [0.4, 0.5) is 0 Å². The van der Waals surface area contributed by atoms with E-state index in [-0.39, 0.29) is 131 Å². The normalized spacial score (nSPS) is 14.6. The molecule has 2 atom stereocenters. The van der Waals surface area contributed by atoms with Crippen molar-refractivity contribution in [3.05, 3.63) is 0 Å². The Morgan fingerprint density at radius 2 is 0.667 bits per heavy atom. The maximum atomic E-state index is 11.6. The van der Waals surface area contributed by atoms with Gasteiger partial charge in [0.05, 0.1) is 48.4 Å². The summed E-state index contributed by atoms with van der Waals surface area (Å²) in [6, 6.07) is 1.14. The summed E-state index contributed by atoms with van der Waals surface area (Å²) in [4.78, 5) is 7.30. The topological polar surface area (TPSA) is 326 Å². The van der Waals surface area contributed by atoms with E-state index in [9.17, 15) is 62.1 Å². The number of aliphatic hydroxyl groups is 2. The van der Waals surface area contributed by atoms with E-state index in [0.717, 1.165) is 0 Å². The first kappa shape index (κ1) is 66.5. The predicted molar refractivity (Wildman–Crippen MR) is 253 cm³/mol.